The Kier molecular flexibility index (Phi) is 4.37. The van der Waals surface area contributed by atoms with E-state index in [0.717, 1.165) is 24.3 Å². The largest absolute Gasteiger partial charge is 0.508 e. The van der Waals surface area contributed by atoms with Gasteiger partial charge >= 0.3 is 18.4 Å². The summed E-state index contributed by atoms with van der Waals surface area (Å²) in [5, 5.41) is 8.87. The summed E-state index contributed by atoms with van der Waals surface area (Å²) >= 11 is 0. The zero-order valence-electron chi connectivity index (χ0n) is 9.43. The molecular formula is C10H7F7O3. The van der Waals surface area contributed by atoms with Gasteiger partial charge in [-0.3, -0.25) is 0 Å². The Hall–Kier alpha value is -1.71. The number of alkyl halides is 7. The molecule has 0 aliphatic rings. The molecule has 1 N–H and O–H groups in total. The number of aromatic hydroxyl groups is 1. The topological polar surface area (TPSA) is 38.7 Å². The second-order valence-electron chi connectivity index (χ2n) is 3.54. The van der Waals surface area contributed by atoms with E-state index in [-0.39, 0.29) is 11.5 Å². The van der Waals surface area contributed by atoms with Crippen LogP contribution in [0, 0.1) is 0 Å². The summed E-state index contributed by atoms with van der Waals surface area (Å²) in [5.74, 6) is -0.495. The van der Waals surface area contributed by atoms with Crippen molar-refractivity contribution < 1.29 is 45.3 Å². The highest BCUT2D eigenvalue weighted by Gasteiger charge is 2.64. The van der Waals surface area contributed by atoms with Gasteiger partial charge < -0.3 is 9.84 Å². The fraction of sp³-hybridized carbons (Fsp3) is 0.400. The van der Waals surface area contributed by atoms with Gasteiger partial charge in [0.25, 0.3) is 0 Å². The highest BCUT2D eigenvalue weighted by Crippen LogP contribution is 2.40. The minimum absolute atomic E-state index is 0.219. The summed E-state index contributed by atoms with van der Waals surface area (Å²) in [6, 6.07) is 4.10. The molecule has 0 radical (unpaired) electrons. The van der Waals surface area contributed by atoms with Crippen LogP contribution in [0.4, 0.5) is 30.7 Å². The fourth-order valence-corrected chi connectivity index (χ4v) is 0.985. The average Bonchev–Trinajstić information content (AvgIpc) is 2.25. The van der Waals surface area contributed by atoms with E-state index < -0.39 is 25.0 Å². The second kappa shape index (κ2) is 5.35. The zero-order valence-corrected chi connectivity index (χ0v) is 9.43. The van der Waals surface area contributed by atoms with E-state index in [4.69, 9.17) is 5.11 Å². The number of phenols is 1. The van der Waals surface area contributed by atoms with Crippen molar-refractivity contribution >= 4 is 0 Å². The normalized spacial score (nSPS) is 13.3. The molecule has 0 aliphatic carbocycles. The number of hydrogen-bond acceptors (Lipinski definition) is 3. The summed E-state index contributed by atoms with van der Waals surface area (Å²) in [6.45, 7) is -1.86. The van der Waals surface area contributed by atoms with E-state index in [9.17, 15) is 30.7 Å². The molecule has 0 unspecified atom stereocenters. The van der Waals surface area contributed by atoms with Crippen LogP contribution in [0.3, 0.4) is 0 Å². The molecule has 1 aromatic carbocycles. The second-order valence-corrected chi connectivity index (χ2v) is 3.54. The molecule has 0 fully saturated rings. The van der Waals surface area contributed by atoms with Crippen LogP contribution in [-0.2, 0) is 4.74 Å². The van der Waals surface area contributed by atoms with E-state index in [0.29, 0.717) is 0 Å². The molecule has 0 spiro atoms. The SMILES string of the molecule is Oc1ccc(OCC(F)(F)OC(F)(F)C(F)(F)F)cc1. The Morgan fingerprint density at radius 3 is 1.85 bits per heavy atom. The molecule has 0 saturated heterocycles. The van der Waals surface area contributed by atoms with Gasteiger partial charge in [-0.1, -0.05) is 0 Å². The van der Waals surface area contributed by atoms with Gasteiger partial charge in [-0.2, -0.15) is 30.7 Å². The first-order chi connectivity index (χ1) is 8.93. The number of benzene rings is 1. The van der Waals surface area contributed by atoms with Gasteiger partial charge in [0.05, 0.1) is 0 Å². The molecule has 0 saturated carbocycles. The molecule has 1 aromatic rings. The highest BCUT2D eigenvalue weighted by molar-refractivity contribution is 5.30. The molecule has 20 heavy (non-hydrogen) atoms. The zero-order chi connectivity index (χ0) is 15.6. The Morgan fingerprint density at radius 2 is 1.40 bits per heavy atom. The lowest BCUT2D eigenvalue weighted by atomic mass is 10.3. The van der Waals surface area contributed by atoms with Crippen molar-refractivity contribution in [2.24, 2.45) is 0 Å². The van der Waals surface area contributed by atoms with Crippen LogP contribution in [0.5, 0.6) is 11.5 Å². The smallest absolute Gasteiger partial charge is 0.483 e. The molecule has 10 heteroatoms. The Balaban J connectivity index is 2.64. The predicted octanol–water partition coefficient (Wildman–Crippen LogP) is 3.54. The Labute approximate surface area is 107 Å². The third-order valence-corrected chi connectivity index (χ3v) is 1.85. The van der Waals surface area contributed by atoms with Gasteiger partial charge in [-0.15, -0.1) is 0 Å². The van der Waals surface area contributed by atoms with Crippen molar-refractivity contribution in [1.82, 2.24) is 0 Å². The van der Waals surface area contributed by atoms with Gasteiger partial charge in [-0.05, 0) is 24.3 Å². The predicted molar refractivity (Wildman–Crippen MR) is 50.6 cm³/mol. The molecular weight excluding hydrogens is 301 g/mol. The summed E-state index contributed by atoms with van der Waals surface area (Å²) in [4.78, 5) is 0. The van der Waals surface area contributed by atoms with Crippen molar-refractivity contribution in [3.8, 4) is 11.5 Å². The molecule has 0 aliphatic heterocycles. The Bertz CT molecular complexity index is 441. The van der Waals surface area contributed by atoms with Crippen LogP contribution in [0.15, 0.2) is 24.3 Å². The maximum absolute atomic E-state index is 12.8. The molecule has 0 aromatic heterocycles. The molecule has 1 rings (SSSR count). The van der Waals surface area contributed by atoms with Gasteiger partial charge in [0, 0.05) is 0 Å². The van der Waals surface area contributed by atoms with Crippen molar-refractivity contribution in [3.63, 3.8) is 0 Å². The lowest BCUT2D eigenvalue weighted by molar-refractivity contribution is -0.458. The lowest BCUT2D eigenvalue weighted by Crippen LogP contribution is -2.46. The van der Waals surface area contributed by atoms with E-state index in [1.165, 1.54) is 0 Å². The first-order valence-electron chi connectivity index (χ1n) is 4.87. The molecule has 0 atom stereocenters. The van der Waals surface area contributed by atoms with E-state index in [1.54, 1.807) is 0 Å². The van der Waals surface area contributed by atoms with Gasteiger partial charge in [0.1, 0.15) is 11.5 Å². The molecule has 0 bridgehead atoms. The standard InChI is InChI=1S/C10H7F7O3/c11-8(12,20-10(16,17)9(13,14)15)5-19-7-3-1-6(18)2-4-7/h1-4,18H,5H2. The van der Waals surface area contributed by atoms with E-state index in [1.807, 2.05) is 0 Å². The number of halogens is 7. The van der Waals surface area contributed by atoms with Crippen LogP contribution < -0.4 is 4.74 Å². The molecule has 0 heterocycles. The van der Waals surface area contributed by atoms with E-state index in [2.05, 4.69) is 9.47 Å². The number of ether oxygens (including phenoxy) is 2. The Morgan fingerprint density at radius 1 is 0.900 bits per heavy atom. The van der Waals surface area contributed by atoms with Crippen molar-refractivity contribution in [2.75, 3.05) is 6.61 Å². The molecule has 3 nitrogen and oxygen atoms in total. The number of phenolic OH excluding ortho intramolecular Hbond substituents is 1. The van der Waals surface area contributed by atoms with Crippen LogP contribution in [-0.4, -0.2) is 30.1 Å². The first-order valence-corrected chi connectivity index (χ1v) is 4.87. The monoisotopic (exact) mass is 308 g/mol. The van der Waals surface area contributed by atoms with Crippen molar-refractivity contribution in [3.05, 3.63) is 24.3 Å². The number of rotatable bonds is 5. The molecule has 114 valence electrons. The van der Waals surface area contributed by atoms with Crippen molar-refractivity contribution in [2.45, 2.75) is 18.4 Å². The summed E-state index contributed by atoms with van der Waals surface area (Å²) in [5.41, 5.74) is 0. The van der Waals surface area contributed by atoms with Crippen LogP contribution in [0.25, 0.3) is 0 Å². The van der Waals surface area contributed by atoms with E-state index >= 15 is 0 Å². The minimum atomic E-state index is -6.27. The van der Waals surface area contributed by atoms with Gasteiger partial charge in [-0.25, -0.2) is 4.74 Å². The lowest BCUT2D eigenvalue weighted by Gasteiger charge is -2.25. The minimum Gasteiger partial charge on any atom is -0.508 e. The summed E-state index contributed by atoms with van der Waals surface area (Å²) in [7, 11) is 0. The third-order valence-electron chi connectivity index (χ3n) is 1.85. The third kappa shape index (κ3) is 4.44. The van der Waals surface area contributed by atoms with Gasteiger partial charge in [0.2, 0.25) is 0 Å². The van der Waals surface area contributed by atoms with Crippen molar-refractivity contribution in [1.29, 1.82) is 0 Å². The fourth-order valence-electron chi connectivity index (χ4n) is 0.985. The summed E-state index contributed by atoms with van der Waals surface area (Å²) in [6.07, 6.45) is -17.1. The van der Waals surface area contributed by atoms with Crippen LogP contribution in [0.2, 0.25) is 0 Å². The summed E-state index contributed by atoms with van der Waals surface area (Å²) < 4.78 is 92.1. The molecule has 0 amide bonds. The van der Waals surface area contributed by atoms with Crippen LogP contribution >= 0.6 is 0 Å². The number of hydrogen-bond donors (Lipinski definition) is 1. The quantitative estimate of drug-likeness (QED) is 0.846. The average molecular weight is 308 g/mol. The maximum Gasteiger partial charge on any atom is 0.483 e. The first kappa shape index (κ1) is 16.3. The van der Waals surface area contributed by atoms with Gasteiger partial charge in [0.15, 0.2) is 6.61 Å². The highest BCUT2D eigenvalue weighted by atomic mass is 19.4. The maximum atomic E-state index is 12.8. The van der Waals surface area contributed by atoms with Crippen LogP contribution in [0.1, 0.15) is 0 Å².